The van der Waals surface area contributed by atoms with E-state index in [0.29, 0.717) is 25.9 Å². The highest BCUT2D eigenvalue weighted by molar-refractivity contribution is 5.83. The molecular formula is C43H61N7O6. The van der Waals surface area contributed by atoms with Crippen LogP contribution >= 0.6 is 0 Å². The summed E-state index contributed by atoms with van der Waals surface area (Å²) in [5, 5.41) is 22.6. The molecule has 0 saturated carbocycles. The number of carbonyl (C=O) groups excluding carboxylic acids is 4. The van der Waals surface area contributed by atoms with Gasteiger partial charge in [0.1, 0.15) is 0 Å². The van der Waals surface area contributed by atoms with Crippen molar-refractivity contribution in [3.8, 4) is 0 Å². The molecule has 13 heteroatoms. The van der Waals surface area contributed by atoms with Gasteiger partial charge in [-0.2, -0.15) is 0 Å². The fourth-order valence-corrected chi connectivity index (χ4v) is 7.40. The van der Waals surface area contributed by atoms with E-state index in [1.165, 1.54) is 7.11 Å². The number of aliphatic hydroxyl groups is 1. The van der Waals surface area contributed by atoms with Crippen LogP contribution < -0.4 is 21.4 Å². The van der Waals surface area contributed by atoms with E-state index in [4.69, 9.17) is 4.74 Å². The lowest BCUT2D eigenvalue weighted by atomic mass is 9.83. The van der Waals surface area contributed by atoms with Crippen LogP contribution in [0, 0.1) is 38.0 Å². The lowest BCUT2D eigenvalue weighted by Gasteiger charge is -2.36. The maximum atomic E-state index is 14.6. The number of pyridine rings is 1. The molecule has 1 aliphatic heterocycles. The van der Waals surface area contributed by atoms with Crippen molar-refractivity contribution < 1.29 is 29.0 Å². The lowest BCUT2D eigenvalue weighted by molar-refractivity contribution is -0.132. The second-order valence-corrected chi connectivity index (χ2v) is 16.0. The Morgan fingerprint density at radius 2 is 1.73 bits per heavy atom. The van der Waals surface area contributed by atoms with Crippen LogP contribution in [-0.4, -0.2) is 88.9 Å². The van der Waals surface area contributed by atoms with Crippen molar-refractivity contribution in [2.24, 2.45) is 17.3 Å². The van der Waals surface area contributed by atoms with Crippen molar-refractivity contribution in [1.82, 2.24) is 36.3 Å². The molecule has 2 aromatic carbocycles. The van der Waals surface area contributed by atoms with E-state index >= 15 is 0 Å². The maximum absolute atomic E-state index is 14.6. The molecule has 5 N–H and O–H groups in total. The van der Waals surface area contributed by atoms with E-state index in [1.54, 1.807) is 9.91 Å². The number of benzene rings is 2. The van der Waals surface area contributed by atoms with Crippen LogP contribution in [-0.2, 0) is 33.8 Å². The number of alkyl carbamates (subject to hydrolysis) is 1. The van der Waals surface area contributed by atoms with Crippen molar-refractivity contribution >= 4 is 23.9 Å². The molecule has 2 heterocycles. The predicted molar refractivity (Wildman–Crippen MR) is 216 cm³/mol. The molecule has 3 aromatic rings. The molecule has 1 aromatic heterocycles. The van der Waals surface area contributed by atoms with Gasteiger partial charge in [0.05, 0.1) is 43.5 Å². The number of carbonyl (C=O) groups is 4. The first kappa shape index (κ1) is 43.7. The molecule has 0 aliphatic carbocycles. The fraction of sp³-hybridized carbons (Fsp3) is 0.512. The predicted octanol–water partition coefficient (Wildman–Crippen LogP) is 4.96. The molecule has 1 aliphatic rings. The molecule has 1 fully saturated rings. The second kappa shape index (κ2) is 20.2. The Hall–Kier alpha value is -5.01. The van der Waals surface area contributed by atoms with Crippen molar-refractivity contribution in [3.63, 3.8) is 0 Å². The highest BCUT2D eigenvalue weighted by Gasteiger charge is 2.43. The van der Waals surface area contributed by atoms with E-state index < -0.39 is 35.6 Å². The Labute approximate surface area is 331 Å². The second-order valence-electron chi connectivity index (χ2n) is 16.0. The lowest BCUT2D eigenvalue weighted by Crippen LogP contribution is -2.56. The van der Waals surface area contributed by atoms with Gasteiger partial charge in [-0.05, 0) is 61.8 Å². The minimum absolute atomic E-state index is 0.0000300. The fourth-order valence-electron chi connectivity index (χ4n) is 7.40. The van der Waals surface area contributed by atoms with Crippen LogP contribution in [0.5, 0.6) is 0 Å². The third-order valence-electron chi connectivity index (χ3n) is 10.3. The van der Waals surface area contributed by atoms with Crippen LogP contribution in [0.25, 0.3) is 0 Å². The zero-order chi connectivity index (χ0) is 41.0. The summed E-state index contributed by atoms with van der Waals surface area (Å²) in [6.45, 7) is 14.8. The Morgan fingerprint density at radius 3 is 2.38 bits per heavy atom. The van der Waals surface area contributed by atoms with Gasteiger partial charge >= 0.3 is 12.1 Å². The van der Waals surface area contributed by atoms with Gasteiger partial charge in [0.2, 0.25) is 11.8 Å². The molecule has 1 saturated heterocycles. The molecular weight excluding hydrogens is 711 g/mol. The molecule has 56 heavy (non-hydrogen) atoms. The average Bonchev–Trinajstić information content (AvgIpc) is 3.48. The van der Waals surface area contributed by atoms with Crippen LogP contribution in [0.3, 0.4) is 0 Å². The van der Waals surface area contributed by atoms with Crippen molar-refractivity contribution in [1.29, 1.82) is 0 Å². The van der Waals surface area contributed by atoms with Gasteiger partial charge in [-0.15, -0.1) is 0 Å². The summed E-state index contributed by atoms with van der Waals surface area (Å²) in [6, 6.07) is 20.1. The number of aryl methyl sites for hydroxylation is 3. The highest BCUT2D eigenvalue weighted by Crippen LogP contribution is 2.28. The Morgan fingerprint density at radius 1 is 1.04 bits per heavy atom. The third-order valence-corrected chi connectivity index (χ3v) is 10.3. The quantitative estimate of drug-likeness (QED) is 0.107. The minimum atomic E-state index is -1.12. The monoisotopic (exact) mass is 771 g/mol. The van der Waals surface area contributed by atoms with Crippen LogP contribution in [0.15, 0.2) is 66.7 Å². The number of nitrogens with one attached hydrogen (secondary N) is 4. The van der Waals surface area contributed by atoms with Gasteiger partial charge < -0.3 is 30.7 Å². The van der Waals surface area contributed by atoms with E-state index in [0.717, 1.165) is 33.6 Å². The first-order chi connectivity index (χ1) is 26.6. The normalized spacial score (nSPS) is 16.4. The molecule has 13 nitrogen and oxygen atoms in total. The van der Waals surface area contributed by atoms with Crippen molar-refractivity contribution in [2.75, 3.05) is 26.7 Å². The van der Waals surface area contributed by atoms with E-state index in [1.807, 2.05) is 109 Å². The SMILES string of the molecule is CCC(C)C(C(=O)NC(Cc1ccccc1)C(O)CN(Cc1cc(C)cc(C)c1)NC(=O)CC(C)(C)CNC(=O)OC)C1CNC(=O)N1Cc1cccc(C)n1. The molecule has 0 spiro atoms. The van der Waals surface area contributed by atoms with Gasteiger partial charge in [-0.1, -0.05) is 99.8 Å². The number of hydrogen-bond acceptors (Lipinski definition) is 8. The summed E-state index contributed by atoms with van der Waals surface area (Å²) >= 11 is 0. The smallest absolute Gasteiger partial charge is 0.406 e. The van der Waals surface area contributed by atoms with Crippen molar-refractivity contribution in [2.45, 2.75) is 99.0 Å². The van der Waals surface area contributed by atoms with Gasteiger partial charge in [-0.25, -0.2) is 14.6 Å². The van der Waals surface area contributed by atoms with Crippen LogP contribution in [0.2, 0.25) is 0 Å². The van der Waals surface area contributed by atoms with Gasteiger partial charge in [0.15, 0.2) is 0 Å². The zero-order valence-electron chi connectivity index (χ0n) is 34.2. The number of rotatable bonds is 19. The first-order valence-corrected chi connectivity index (χ1v) is 19.5. The van der Waals surface area contributed by atoms with Gasteiger partial charge in [0.25, 0.3) is 0 Å². The maximum Gasteiger partial charge on any atom is 0.406 e. The minimum Gasteiger partial charge on any atom is -0.453 e. The summed E-state index contributed by atoms with van der Waals surface area (Å²) in [6.07, 6.45) is -0.580. The summed E-state index contributed by atoms with van der Waals surface area (Å²) in [7, 11) is 1.29. The molecule has 5 atom stereocenters. The molecule has 0 radical (unpaired) electrons. The van der Waals surface area contributed by atoms with E-state index in [9.17, 15) is 24.3 Å². The Balaban J connectivity index is 1.61. The third kappa shape index (κ3) is 13.0. The van der Waals surface area contributed by atoms with Crippen molar-refractivity contribution in [3.05, 3.63) is 100 Å². The summed E-state index contributed by atoms with van der Waals surface area (Å²) in [5.41, 5.74) is 8.01. The van der Waals surface area contributed by atoms with Crippen LogP contribution in [0.1, 0.15) is 74.2 Å². The number of ether oxygens (including phenoxy) is 1. The van der Waals surface area contributed by atoms with Gasteiger partial charge in [-0.3, -0.25) is 20.0 Å². The number of nitrogens with zero attached hydrogens (tertiary/aromatic N) is 3. The molecule has 5 unspecified atom stereocenters. The van der Waals surface area contributed by atoms with Crippen LogP contribution in [0.4, 0.5) is 9.59 Å². The summed E-state index contributed by atoms with van der Waals surface area (Å²) < 4.78 is 4.70. The number of urea groups is 1. The molecule has 0 bridgehead atoms. The summed E-state index contributed by atoms with van der Waals surface area (Å²) in [4.78, 5) is 59.4. The average molecular weight is 772 g/mol. The number of hydrazine groups is 1. The number of methoxy groups -OCH3 is 1. The Bertz CT molecular complexity index is 1770. The molecule has 4 rings (SSSR count). The number of aromatic nitrogens is 1. The standard InChI is InChI=1S/C43H61N7O6/c1-9-30(4)39(36-23-44-41(54)50(36)25-34-17-13-14-31(5)46-34)40(53)47-35(21-32-15-11-10-12-16-32)37(51)26-49(24-33-19-28(2)18-29(3)20-33)48-38(52)22-43(6,7)27-45-42(55)56-8/h10-20,30,35-37,39,51H,9,21-27H2,1-8H3,(H,44,54)(H,45,55)(H,47,53)(H,48,52). The number of hydrogen-bond donors (Lipinski definition) is 5. The Kier molecular flexibility index (Phi) is 15.8. The zero-order valence-corrected chi connectivity index (χ0v) is 34.2. The number of amides is 5. The van der Waals surface area contributed by atoms with E-state index in [-0.39, 0.29) is 49.8 Å². The first-order valence-electron chi connectivity index (χ1n) is 19.5. The highest BCUT2D eigenvalue weighted by atomic mass is 16.5. The van der Waals surface area contributed by atoms with E-state index in [2.05, 4.69) is 32.4 Å². The molecule has 304 valence electrons. The van der Waals surface area contributed by atoms with Gasteiger partial charge in [0, 0.05) is 38.3 Å². The topological polar surface area (TPSA) is 165 Å². The molecule has 5 amide bonds. The number of aliphatic hydroxyl groups excluding tert-OH is 1. The summed E-state index contributed by atoms with van der Waals surface area (Å²) in [5.74, 6) is -1.22. The largest absolute Gasteiger partial charge is 0.453 e.